The molecule has 0 saturated carbocycles. The van der Waals surface area contributed by atoms with E-state index in [0.717, 1.165) is 23.7 Å². The summed E-state index contributed by atoms with van der Waals surface area (Å²) < 4.78 is 16.7. The Morgan fingerprint density at radius 1 is 0.667 bits per heavy atom. The molecule has 0 atom stereocenters. The molecule has 0 N–H and O–H groups in total. The summed E-state index contributed by atoms with van der Waals surface area (Å²) in [5.41, 5.74) is 1.24. The van der Waals surface area contributed by atoms with Crippen molar-refractivity contribution in [3.05, 3.63) is 54.1 Å². The van der Waals surface area contributed by atoms with Gasteiger partial charge in [0.25, 0.3) is 0 Å². The van der Waals surface area contributed by atoms with Gasteiger partial charge in [-0.15, -0.1) is 0 Å². The van der Waals surface area contributed by atoms with Gasteiger partial charge in [-0.3, -0.25) is 0 Å². The molecule has 0 heterocycles. The molecule has 3 nitrogen and oxygen atoms in total. The molecule has 0 aromatic heterocycles. The number of ether oxygens (including phenoxy) is 3. The van der Waals surface area contributed by atoms with Crippen LogP contribution < -0.4 is 14.2 Å². The average molecular weight is 286 g/mol. The Balaban J connectivity index is 1.64. The third-order valence-electron chi connectivity index (χ3n) is 2.98. The minimum atomic E-state index is 0.639. The van der Waals surface area contributed by atoms with Gasteiger partial charge in [0.15, 0.2) is 0 Å². The van der Waals surface area contributed by atoms with Gasteiger partial charge in [0.1, 0.15) is 17.2 Å². The Kier molecular flexibility index (Phi) is 5.95. The highest BCUT2D eigenvalue weighted by Crippen LogP contribution is 2.17. The maximum Gasteiger partial charge on any atom is 0.119 e. The first kappa shape index (κ1) is 15.2. The minimum Gasteiger partial charge on any atom is -0.494 e. The molecule has 21 heavy (non-hydrogen) atoms. The quantitative estimate of drug-likeness (QED) is 0.679. The first-order valence-corrected chi connectivity index (χ1v) is 7.33. The zero-order valence-electron chi connectivity index (χ0n) is 12.7. The van der Waals surface area contributed by atoms with Gasteiger partial charge in [-0.05, 0) is 50.2 Å². The third-order valence-corrected chi connectivity index (χ3v) is 2.98. The van der Waals surface area contributed by atoms with E-state index in [-0.39, 0.29) is 0 Å². The van der Waals surface area contributed by atoms with Crippen LogP contribution in [0.4, 0.5) is 0 Å². The number of aryl methyl sites for hydroxylation is 1. The van der Waals surface area contributed by atoms with Gasteiger partial charge >= 0.3 is 0 Å². The lowest BCUT2D eigenvalue weighted by Gasteiger charge is -2.09. The SMILES string of the molecule is CCOc1ccc(OCCCOc2ccc(C)cc2)cc1. The number of rotatable bonds is 8. The number of benzene rings is 2. The van der Waals surface area contributed by atoms with Crippen LogP contribution in [0.15, 0.2) is 48.5 Å². The fourth-order valence-corrected chi connectivity index (χ4v) is 1.87. The van der Waals surface area contributed by atoms with Crippen LogP contribution in [-0.2, 0) is 0 Å². The number of hydrogen-bond acceptors (Lipinski definition) is 3. The monoisotopic (exact) mass is 286 g/mol. The highest BCUT2D eigenvalue weighted by atomic mass is 16.5. The van der Waals surface area contributed by atoms with E-state index in [1.165, 1.54) is 5.56 Å². The van der Waals surface area contributed by atoms with Gasteiger partial charge in [-0.1, -0.05) is 17.7 Å². The van der Waals surface area contributed by atoms with E-state index in [4.69, 9.17) is 14.2 Å². The van der Waals surface area contributed by atoms with E-state index in [9.17, 15) is 0 Å². The van der Waals surface area contributed by atoms with Crippen molar-refractivity contribution in [1.82, 2.24) is 0 Å². The molecule has 0 unspecified atom stereocenters. The van der Waals surface area contributed by atoms with E-state index in [1.54, 1.807) is 0 Å². The molecular weight excluding hydrogens is 264 g/mol. The predicted octanol–water partition coefficient (Wildman–Crippen LogP) is 4.24. The van der Waals surface area contributed by atoms with Crippen LogP contribution in [0.5, 0.6) is 17.2 Å². The van der Waals surface area contributed by atoms with E-state index in [2.05, 4.69) is 6.92 Å². The maximum absolute atomic E-state index is 5.66. The molecule has 112 valence electrons. The van der Waals surface area contributed by atoms with E-state index in [0.29, 0.717) is 19.8 Å². The first-order chi connectivity index (χ1) is 10.3. The summed E-state index contributed by atoms with van der Waals surface area (Å²) in [6.45, 7) is 6.00. The Hall–Kier alpha value is -2.16. The molecule has 0 fully saturated rings. The van der Waals surface area contributed by atoms with Crippen molar-refractivity contribution in [3.63, 3.8) is 0 Å². The minimum absolute atomic E-state index is 0.639. The predicted molar refractivity (Wildman–Crippen MR) is 84.4 cm³/mol. The van der Waals surface area contributed by atoms with Gasteiger partial charge in [-0.25, -0.2) is 0 Å². The second-order valence-electron chi connectivity index (χ2n) is 4.77. The second-order valence-corrected chi connectivity index (χ2v) is 4.77. The standard InChI is InChI=1S/C18H22O3/c1-3-19-16-9-11-18(12-10-16)21-14-4-13-20-17-7-5-15(2)6-8-17/h5-12H,3-4,13-14H2,1-2H3. The van der Waals surface area contributed by atoms with Gasteiger partial charge < -0.3 is 14.2 Å². The van der Waals surface area contributed by atoms with Crippen LogP contribution in [0.3, 0.4) is 0 Å². The van der Waals surface area contributed by atoms with Crippen molar-refractivity contribution >= 4 is 0 Å². The largest absolute Gasteiger partial charge is 0.494 e. The van der Waals surface area contributed by atoms with Crippen molar-refractivity contribution in [2.75, 3.05) is 19.8 Å². The van der Waals surface area contributed by atoms with Crippen molar-refractivity contribution in [2.24, 2.45) is 0 Å². The molecule has 0 aliphatic rings. The zero-order chi connectivity index (χ0) is 14.9. The van der Waals surface area contributed by atoms with E-state index < -0.39 is 0 Å². The summed E-state index contributed by atoms with van der Waals surface area (Å²) in [7, 11) is 0. The molecule has 0 aliphatic carbocycles. The Labute approximate surface area is 126 Å². The maximum atomic E-state index is 5.66. The average Bonchev–Trinajstić information content (AvgIpc) is 2.51. The first-order valence-electron chi connectivity index (χ1n) is 7.33. The van der Waals surface area contributed by atoms with Crippen LogP contribution in [0.2, 0.25) is 0 Å². The number of hydrogen-bond donors (Lipinski definition) is 0. The van der Waals surface area contributed by atoms with Crippen molar-refractivity contribution in [2.45, 2.75) is 20.3 Å². The summed E-state index contributed by atoms with van der Waals surface area (Å²) >= 11 is 0. The highest BCUT2D eigenvalue weighted by Gasteiger charge is 1.97. The van der Waals surface area contributed by atoms with Crippen molar-refractivity contribution in [3.8, 4) is 17.2 Å². The van der Waals surface area contributed by atoms with Crippen LogP contribution in [0.1, 0.15) is 18.9 Å². The second kappa shape index (κ2) is 8.20. The summed E-state index contributed by atoms with van der Waals surface area (Å²) in [5.74, 6) is 2.63. The highest BCUT2D eigenvalue weighted by molar-refractivity contribution is 5.31. The van der Waals surface area contributed by atoms with Gasteiger partial charge in [0.05, 0.1) is 19.8 Å². The van der Waals surface area contributed by atoms with Crippen LogP contribution in [0.25, 0.3) is 0 Å². The molecule has 0 amide bonds. The smallest absolute Gasteiger partial charge is 0.119 e. The van der Waals surface area contributed by atoms with Crippen LogP contribution in [-0.4, -0.2) is 19.8 Å². The van der Waals surface area contributed by atoms with Crippen LogP contribution in [0, 0.1) is 6.92 Å². The van der Waals surface area contributed by atoms with Gasteiger partial charge in [0, 0.05) is 6.42 Å². The molecule has 2 aromatic carbocycles. The van der Waals surface area contributed by atoms with Gasteiger partial charge in [-0.2, -0.15) is 0 Å². The summed E-state index contributed by atoms with van der Waals surface area (Å²) in [6, 6.07) is 15.8. The molecule has 0 aliphatic heterocycles. The fourth-order valence-electron chi connectivity index (χ4n) is 1.87. The molecule has 0 saturated heterocycles. The molecule has 0 spiro atoms. The summed E-state index contributed by atoms with van der Waals surface area (Å²) in [6.07, 6.45) is 0.848. The van der Waals surface area contributed by atoms with E-state index >= 15 is 0 Å². The Bertz CT molecular complexity index is 517. The van der Waals surface area contributed by atoms with Gasteiger partial charge in [0.2, 0.25) is 0 Å². The lowest BCUT2D eigenvalue weighted by atomic mass is 10.2. The van der Waals surface area contributed by atoms with Crippen molar-refractivity contribution in [1.29, 1.82) is 0 Å². The normalized spacial score (nSPS) is 10.2. The zero-order valence-corrected chi connectivity index (χ0v) is 12.7. The molecular formula is C18H22O3. The summed E-state index contributed by atoms with van der Waals surface area (Å²) in [5, 5.41) is 0. The van der Waals surface area contributed by atoms with Crippen molar-refractivity contribution < 1.29 is 14.2 Å². The molecule has 3 heteroatoms. The van der Waals surface area contributed by atoms with E-state index in [1.807, 2.05) is 55.5 Å². The Morgan fingerprint density at radius 3 is 1.57 bits per heavy atom. The topological polar surface area (TPSA) is 27.7 Å². The molecule has 0 bridgehead atoms. The fraction of sp³-hybridized carbons (Fsp3) is 0.333. The molecule has 2 rings (SSSR count). The lowest BCUT2D eigenvalue weighted by molar-refractivity contribution is 0.247. The van der Waals surface area contributed by atoms with Crippen LogP contribution >= 0.6 is 0 Å². The lowest BCUT2D eigenvalue weighted by Crippen LogP contribution is -2.05. The third kappa shape index (κ3) is 5.38. The summed E-state index contributed by atoms with van der Waals surface area (Å²) in [4.78, 5) is 0. The Morgan fingerprint density at radius 2 is 1.10 bits per heavy atom. The molecule has 2 aromatic rings. The molecule has 0 radical (unpaired) electrons.